The maximum Gasteiger partial charge on any atom is 0.254 e. The van der Waals surface area contributed by atoms with Gasteiger partial charge in [0.1, 0.15) is 5.82 Å². The van der Waals surface area contributed by atoms with Crippen LogP contribution in [0.25, 0.3) is 0 Å². The summed E-state index contributed by atoms with van der Waals surface area (Å²) >= 11 is 7.63. The normalized spacial score (nSPS) is 23.1. The van der Waals surface area contributed by atoms with Crippen LogP contribution >= 0.6 is 23.4 Å². The number of carbonyl (C=O) groups is 1. The Morgan fingerprint density at radius 1 is 1.47 bits per heavy atom. The van der Waals surface area contributed by atoms with E-state index >= 15 is 0 Å². The highest BCUT2D eigenvalue weighted by molar-refractivity contribution is 7.99. The van der Waals surface area contributed by atoms with E-state index in [4.69, 9.17) is 11.6 Å². The number of benzene rings is 1. The molecule has 0 saturated heterocycles. The topological polar surface area (TPSA) is 29.1 Å². The third kappa shape index (κ3) is 3.86. The van der Waals surface area contributed by atoms with Crippen LogP contribution in [0.2, 0.25) is 5.02 Å². The summed E-state index contributed by atoms with van der Waals surface area (Å²) in [5.41, 5.74) is 0.0266. The van der Waals surface area contributed by atoms with Gasteiger partial charge in [-0.25, -0.2) is 4.39 Å². The summed E-state index contributed by atoms with van der Waals surface area (Å²) in [5.74, 6) is -0.897. The van der Waals surface area contributed by atoms with Crippen molar-refractivity contribution in [3.63, 3.8) is 0 Å². The Hall–Kier alpha value is -0.740. The van der Waals surface area contributed by atoms with Crippen molar-refractivity contribution in [2.75, 3.05) is 6.26 Å². The molecule has 1 aromatic carbocycles. The van der Waals surface area contributed by atoms with Gasteiger partial charge in [-0.2, -0.15) is 11.8 Å². The third-order valence-electron chi connectivity index (χ3n) is 3.47. The van der Waals surface area contributed by atoms with Gasteiger partial charge in [0.15, 0.2) is 0 Å². The van der Waals surface area contributed by atoms with Crippen molar-refractivity contribution >= 4 is 29.3 Å². The Bertz CT molecular complexity index is 469. The highest BCUT2D eigenvalue weighted by Crippen LogP contribution is 2.27. The van der Waals surface area contributed by atoms with E-state index in [1.165, 1.54) is 24.6 Å². The lowest BCUT2D eigenvalue weighted by Gasteiger charge is -2.28. The zero-order chi connectivity index (χ0) is 13.8. The molecule has 2 unspecified atom stereocenters. The number of rotatable bonds is 3. The minimum Gasteiger partial charge on any atom is -0.349 e. The Labute approximate surface area is 122 Å². The summed E-state index contributed by atoms with van der Waals surface area (Å²) < 4.78 is 13.6. The average molecular weight is 302 g/mol. The molecule has 0 aromatic heterocycles. The van der Waals surface area contributed by atoms with Crippen LogP contribution in [0.15, 0.2) is 18.2 Å². The van der Waals surface area contributed by atoms with Crippen LogP contribution in [-0.2, 0) is 0 Å². The van der Waals surface area contributed by atoms with Crippen LogP contribution in [0.1, 0.15) is 36.0 Å². The van der Waals surface area contributed by atoms with Crippen molar-refractivity contribution < 1.29 is 9.18 Å². The fourth-order valence-corrected chi connectivity index (χ4v) is 3.42. The molecule has 1 fully saturated rings. The second kappa shape index (κ2) is 6.62. The predicted molar refractivity (Wildman–Crippen MR) is 78.4 cm³/mol. The fourth-order valence-electron chi connectivity index (χ4n) is 2.42. The molecule has 104 valence electrons. The SMILES string of the molecule is CSC1CCCC(NC(=O)c2cc(Cl)ccc2F)C1. The number of thioether (sulfide) groups is 1. The van der Waals surface area contributed by atoms with Gasteiger partial charge in [0, 0.05) is 16.3 Å². The molecule has 2 atom stereocenters. The lowest BCUT2D eigenvalue weighted by molar-refractivity contribution is 0.0924. The minimum absolute atomic E-state index is 0.0266. The zero-order valence-corrected chi connectivity index (χ0v) is 12.4. The van der Waals surface area contributed by atoms with Gasteiger partial charge in [-0.15, -0.1) is 0 Å². The number of halogens is 2. The minimum atomic E-state index is -0.529. The van der Waals surface area contributed by atoms with Crippen molar-refractivity contribution in [3.8, 4) is 0 Å². The van der Waals surface area contributed by atoms with Crippen molar-refractivity contribution in [3.05, 3.63) is 34.6 Å². The summed E-state index contributed by atoms with van der Waals surface area (Å²) in [5, 5.41) is 3.88. The average Bonchev–Trinajstić information content (AvgIpc) is 2.41. The third-order valence-corrected chi connectivity index (χ3v) is 4.80. The lowest BCUT2D eigenvalue weighted by atomic mass is 9.94. The molecule has 0 bridgehead atoms. The molecule has 5 heteroatoms. The highest BCUT2D eigenvalue weighted by atomic mass is 35.5. The molecule has 19 heavy (non-hydrogen) atoms. The van der Waals surface area contributed by atoms with Crippen LogP contribution in [0.3, 0.4) is 0 Å². The maximum atomic E-state index is 13.6. The first-order valence-electron chi connectivity index (χ1n) is 6.39. The Morgan fingerprint density at radius 3 is 3.00 bits per heavy atom. The molecular formula is C14H17ClFNOS. The Kier molecular flexibility index (Phi) is 5.11. The quantitative estimate of drug-likeness (QED) is 0.918. The Balaban J connectivity index is 2.02. The van der Waals surface area contributed by atoms with Gasteiger partial charge in [0.05, 0.1) is 5.56 Å². The summed E-state index contributed by atoms with van der Waals surface area (Å²) in [6.07, 6.45) is 6.30. The zero-order valence-electron chi connectivity index (χ0n) is 10.8. The second-order valence-electron chi connectivity index (χ2n) is 4.82. The van der Waals surface area contributed by atoms with Crippen molar-refractivity contribution in [2.24, 2.45) is 0 Å². The van der Waals surface area contributed by atoms with E-state index in [1.807, 2.05) is 11.8 Å². The molecule has 0 spiro atoms. The number of hydrogen-bond acceptors (Lipinski definition) is 2. The van der Waals surface area contributed by atoms with E-state index in [-0.39, 0.29) is 17.5 Å². The van der Waals surface area contributed by atoms with E-state index < -0.39 is 5.82 Å². The molecule has 0 radical (unpaired) electrons. The molecule has 1 aliphatic carbocycles. The van der Waals surface area contributed by atoms with Gasteiger partial charge in [-0.05, 0) is 43.7 Å². The van der Waals surface area contributed by atoms with Crippen LogP contribution in [0.5, 0.6) is 0 Å². The van der Waals surface area contributed by atoms with Gasteiger partial charge >= 0.3 is 0 Å². The Morgan fingerprint density at radius 2 is 2.26 bits per heavy atom. The summed E-state index contributed by atoms with van der Waals surface area (Å²) in [6.45, 7) is 0. The maximum absolute atomic E-state index is 13.6. The van der Waals surface area contributed by atoms with Crippen molar-refractivity contribution in [1.29, 1.82) is 0 Å². The molecule has 1 aliphatic rings. The fraction of sp³-hybridized carbons (Fsp3) is 0.500. The second-order valence-corrected chi connectivity index (χ2v) is 6.39. The van der Waals surface area contributed by atoms with Gasteiger partial charge in [0.2, 0.25) is 0 Å². The van der Waals surface area contributed by atoms with E-state index in [1.54, 1.807) is 0 Å². The lowest BCUT2D eigenvalue weighted by Crippen LogP contribution is -2.39. The standard InChI is InChI=1S/C14H17ClFNOS/c1-19-11-4-2-3-10(8-11)17-14(18)12-7-9(15)5-6-13(12)16/h5-7,10-11H,2-4,8H2,1H3,(H,17,18). The van der Waals surface area contributed by atoms with Crippen LogP contribution in [-0.4, -0.2) is 23.5 Å². The first-order valence-corrected chi connectivity index (χ1v) is 8.05. The molecule has 0 heterocycles. The van der Waals surface area contributed by atoms with Crippen LogP contribution < -0.4 is 5.32 Å². The van der Waals surface area contributed by atoms with Gasteiger partial charge in [-0.3, -0.25) is 4.79 Å². The molecule has 2 rings (SSSR count). The van der Waals surface area contributed by atoms with Gasteiger partial charge < -0.3 is 5.32 Å². The van der Waals surface area contributed by atoms with E-state index in [2.05, 4.69) is 11.6 Å². The van der Waals surface area contributed by atoms with E-state index in [9.17, 15) is 9.18 Å². The van der Waals surface area contributed by atoms with Gasteiger partial charge in [0.25, 0.3) is 5.91 Å². The summed E-state index contributed by atoms with van der Waals surface area (Å²) in [4.78, 5) is 12.1. The molecule has 0 aliphatic heterocycles. The molecule has 1 aromatic rings. The first kappa shape index (κ1) is 14.7. The monoisotopic (exact) mass is 301 g/mol. The molecule has 1 amide bonds. The number of amides is 1. The highest BCUT2D eigenvalue weighted by Gasteiger charge is 2.23. The van der Waals surface area contributed by atoms with E-state index in [0.717, 1.165) is 19.3 Å². The first-order chi connectivity index (χ1) is 9.10. The van der Waals surface area contributed by atoms with Crippen molar-refractivity contribution in [2.45, 2.75) is 37.0 Å². The largest absolute Gasteiger partial charge is 0.349 e. The molecular weight excluding hydrogens is 285 g/mol. The van der Waals surface area contributed by atoms with Gasteiger partial charge in [-0.1, -0.05) is 18.0 Å². The summed E-state index contributed by atoms with van der Waals surface area (Å²) in [6, 6.07) is 4.18. The van der Waals surface area contributed by atoms with Crippen LogP contribution in [0, 0.1) is 5.82 Å². The molecule has 2 nitrogen and oxygen atoms in total. The van der Waals surface area contributed by atoms with Crippen LogP contribution in [0.4, 0.5) is 4.39 Å². The predicted octanol–water partition coefficient (Wildman–Crippen LogP) is 3.88. The number of nitrogens with one attached hydrogen (secondary N) is 1. The molecule has 1 N–H and O–H groups in total. The smallest absolute Gasteiger partial charge is 0.254 e. The van der Waals surface area contributed by atoms with E-state index in [0.29, 0.717) is 10.3 Å². The number of carbonyl (C=O) groups excluding carboxylic acids is 1. The van der Waals surface area contributed by atoms with Crippen molar-refractivity contribution in [1.82, 2.24) is 5.32 Å². The molecule has 1 saturated carbocycles. The number of hydrogen-bond donors (Lipinski definition) is 1. The summed E-state index contributed by atoms with van der Waals surface area (Å²) in [7, 11) is 0.